The second-order valence-electron chi connectivity index (χ2n) is 3.91. The van der Waals surface area contributed by atoms with Gasteiger partial charge >= 0.3 is 0 Å². The maximum absolute atomic E-state index is 11.9. The molecular weight excluding hydrogens is 292 g/mol. The largest absolute Gasteiger partial charge is 0.294 e. The molecule has 3 nitrogen and oxygen atoms in total. The lowest BCUT2D eigenvalue weighted by molar-refractivity contribution is 0.742. The van der Waals surface area contributed by atoms with Crippen molar-refractivity contribution < 1.29 is 0 Å². The molecule has 1 aromatic heterocycles. The Morgan fingerprint density at radius 1 is 1.33 bits per heavy atom. The zero-order valence-electron chi connectivity index (χ0n) is 10.0. The van der Waals surface area contributed by atoms with E-state index in [0.29, 0.717) is 16.7 Å². The summed E-state index contributed by atoms with van der Waals surface area (Å²) in [6.07, 6.45) is 5.50. The van der Waals surface area contributed by atoms with Crippen LogP contribution in [-0.4, -0.2) is 9.55 Å². The summed E-state index contributed by atoms with van der Waals surface area (Å²) in [6.45, 7) is 2.31. The van der Waals surface area contributed by atoms with Crippen LogP contribution in [0.5, 0.6) is 0 Å². The Bertz CT molecular complexity index is 617. The number of aryl methyl sites for hydroxylation is 1. The number of allylic oxidation sites excluding steroid dienone is 1. The van der Waals surface area contributed by atoms with Crippen LogP contribution < -0.4 is 5.56 Å². The van der Waals surface area contributed by atoms with Crippen LogP contribution in [0.3, 0.4) is 0 Å². The molecule has 0 unspecified atom stereocenters. The number of aromatic nitrogens is 2. The summed E-state index contributed by atoms with van der Waals surface area (Å²) in [6, 6.07) is 9.97. The van der Waals surface area contributed by atoms with Gasteiger partial charge in [-0.1, -0.05) is 42.5 Å². The molecule has 0 aliphatic rings. The predicted molar refractivity (Wildman–Crippen MR) is 76.4 cm³/mol. The Kier molecular flexibility index (Phi) is 4.10. The molecule has 0 saturated carbocycles. The van der Waals surface area contributed by atoms with E-state index in [1.165, 1.54) is 0 Å². The molecule has 0 aliphatic heterocycles. The summed E-state index contributed by atoms with van der Waals surface area (Å²) in [4.78, 5) is 16.0. The summed E-state index contributed by atoms with van der Waals surface area (Å²) in [5.74, 6) is 0. The van der Waals surface area contributed by atoms with Gasteiger partial charge in [-0.05, 0) is 28.4 Å². The fraction of sp³-hybridized carbons (Fsp3) is 0.143. The Morgan fingerprint density at radius 3 is 2.78 bits per heavy atom. The van der Waals surface area contributed by atoms with Crippen molar-refractivity contribution in [2.75, 3.05) is 0 Å². The summed E-state index contributed by atoms with van der Waals surface area (Å²) >= 11 is 3.25. The van der Waals surface area contributed by atoms with Crippen molar-refractivity contribution >= 4 is 22.0 Å². The summed E-state index contributed by atoms with van der Waals surface area (Å²) in [7, 11) is 0. The third kappa shape index (κ3) is 2.96. The van der Waals surface area contributed by atoms with Crippen molar-refractivity contribution in [2.45, 2.75) is 13.5 Å². The zero-order chi connectivity index (χ0) is 13.0. The average molecular weight is 305 g/mol. The van der Waals surface area contributed by atoms with E-state index in [1.54, 1.807) is 17.8 Å². The lowest BCUT2D eigenvalue weighted by Gasteiger charge is -2.03. The maximum Gasteiger partial charge on any atom is 0.268 e. The van der Waals surface area contributed by atoms with Crippen LogP contribution in [0.4, 0.5) is 0 Å². The second-order valence-corrected chi connectivity index (χ2v) is 4.71. The van der Waals surface area contributed by atoms with E-state index in [9.17, 15) is 4.79 Å². The van der Waals surface area contributed by atoms with E-state index < -0.39 is 0 Å². The molecule has 2 rings (SSSR count). The molecule has 0 spiro atoms. The summed E-state index contributed by atoms with van der Waals surface area (Å²) in [5.41, 5.74) is 1.77. The molecule has 92 valence electrons. The normalized spacial score (nSPS) is 11.0. The van der Waals surface area contributed by atoms with E-state index in [0.717, 1.165) is 5.56 Å². The highest BCUT2D eigenvalue weighted by Gasteiger charge is 2.03. The highest BCUT2D eigenvalue weighted by atomic mass is 79.9. The lowest BCUT2D eigenvalue weighted by Crippen LogP contribution is -2.21. The van der Waals surface area contributed by atoms with Crippen LogP contribution in [0, 0.1) is 6.92 Å². The summed E-state index contributed by atoms with van der Waals surface area (Å²) < 4.78 is 2.09. The standard InChI is InChI=1S/C14H13BrN2O/c1-11-13(15)14(18)17(10-16-11)9-5-8-12-6-3-2-4-7-12/h2-8,10H,9H2,1H3. The number of nitrogens with zero attached hydrogens (tertiary/aromatic N) is 2. The average Bonchev–Trinajstić information content (AvgIpc) is 2.40. The van der Waals surface area contributed by atoms with Gasteiger partial charge < -0.3 is 0 Å². The lowest BCUT2D eigenvalue weighted by atomic mass is 10.2. The molecule has 0 atom stereocenters. The molecule has 0 amide bonds. The molecule has 4 heteroatoms. The number of rotatable bonds is 3. The molecule has 0 bridgehead atoms. The Morgan fingerprint density at radius 2 is 2.06 bits per heavy atom. The van der Waals surface area contributed by atoms with Gasteiger partial charge in [0.25, 0.3) is 5.56 Å². The molecule has 1 heterocycles. The van der Waals surface area contributed by atoms with Crippen molar-refractivity contribution in [2.24, 2.45) is 0 Å². The van der Waals surface area contributed by atoms with Crippen LogP contribution in [0.1, 0.15) is 11.3 Å². The van der Waals surface area contributed by atoms with Gasteiger partial charge in [0.1, 0.15) is 4.47 Å². The molecule has 0 N–H and O–H groups in total. The van der Waals surface area contributed by atoms with Gasteiger partial charge in [0.15, 0.2) is 0 Å². The van der Waals surface area contributed by atoms with Crippen molar-refractivity contribution in [3.63, 3.8) is 0 Å². The first-order valence-electron chi connectivity index (χ1n) is 5.61. The van der Waals surface area contributed by atoms with E-state index >= 15 is 0 Å². The third-order valence-electron chi connectivity index (χ3n) is 2.57. The number of benzene rings is 1. The van der Waals surface area contributed by atoms with Crippen molar-refractivity contribution in [3.05, 3.63) is 68.8 Å². The molecule has 0 saturated heterocycles. The van der Waals surface area contributed by atoms with Crippen molar-refractivity contribution in [1.82, 2.24) is 9.55 Å². The highest BCUT2D eigenvalue weighted by molar-refractivity contribution is 9.10. The summed E-state index contributed by atoms with van der Waals surface area (Å²) in [5, 5.41) is 0. The van der Waals surface area contributed by atoms with E-state index in [4.69, 9.17) is 0 Å². The van der Waals surface area contributed by atoms with Gasteiger partial charge in [-0.25, -0.2) is 4.98 Å². The van der Waals surface area contributed by atoms with E-state index in [-0.39, 0.29) is 5.56 Å². The molecule has 0 aliphatic carbocycles. The molecule has 1 aromatic carbocycles. The van der Waals surface area contributed by atoms with Crippen LogP contribution in [0.2, 0.25) is 0 Å². The Balaban J connectivity index is 2.14. The van der Waals surface area contributed by atoms with Crippen LogP contribution in [0.25, 0.3) is 6.08 Å². The van der Waals surface area contributed by atoms with Crippen LogP contribution >= 0.6 is 15.9 Å². The van der Waals surface area contributed by atoms with E-state index in [1.807, 2.05) is 42.5 Å². The number of hydrogen-bond donors (Lipinski definition) is 0. The SMILES string of the molecule is Cc1ncn(CC=Cc2ccccc2)c(=O)c1Br. The third-order valence-corrected chi connectivity index (χ3v) is 3.48. The Hall–Kier alpha value is -1.68. The highest BCUT2D eigenvalue weighted by Crippen LogP contribution is 2.06. The predicted octanol–water partition coefficient (Wildman–Crippen LogP) is 3.03. The topological polar surface area (TPSA) is 34.9 Å². The number of hydrogen-bond acceptors (Lipinski definition) is 2. The maximum atomic E-state index is 11.9. The fourth-order valence-corrected chi connectivity index (χ4v) is 1.87. The smallest absolute Gasteiger partial charge is 0.268 e. The minimum Gasteiger partial charge on any atom is -0.294 e. The van der Waals surface area contributed by atoms with Gasteiger partial charge in [0.05, 0.1) is 12.0 Å². The van der Waals surface area contributed by atoms with Gasteiger partial charge in [-0.2, -0.15) is 0 Å². The van der Waals surface area contributed by atoms with Gasteiger partial charge in [-0.3, -0.25) is 9.36 Å². The fourth-order valence-electron chi connectivity index (χ4n) is 1.54. The molecule has 2 aromatic rings. The molecule has 0 radical (unpaired) electrons. The van der Waals surface area contributed by atoms with Crippen LogP contribution in [0.15, 0.2) is 52.0 Å². The number of halogens is 1. The van der Waals surface area contributed by atoms with Gasteiger partial charge in [0, 0.05) is 6.54 Å². The first-order chi connectivity index (χ1) is 8.68. The van der Waals surface area contributed by atoms with Crippen molar-refractivity contribution in [1.29, 1.82) is 0 Å². The molecule has 0 fully saturated rings. The molecule has 18 heavy (non-hydrogen) atoms. The van der Waals surface area contributed by atoms with Crippen LogP contribution in [-0.2, 0) is 6.54 Å². The quantitative estimate of drug-likeness (QED) is 0.873. The Labute approximate surface area is 114 Å². The van der Waals surface area contributed by atoms with Gasteiger partial charge in [-0.15, -0.1) is 0 Å². The second kappa shape index (κ2) is 5.78. The minimum atomic E-state index is -0.0554. The molecular formula is C14H13BrN2O. The van der Waals surface area contributed by atoms with Gasteiger partial charge in [0.2, 0.25) is 0 Å². The first kappa shape index (κ1) is 12.8. The zero-order valence-corrected chi connectivity index (χ0v) is 11.6. The first-order valence-corrected chi connectivity index (χ1v) is 6.41. The monoisotopic (exact) mass is 304 g/mol. The minimum absolute atomic E-state index is 0.0554. The van der Waals surface area contributed by atoms with E-state index in [2.05, 4.69) is 20.9 Å². The van der Waals surface area contributed by atoms with Crippen molar-refractivity contribution in [3.8, 4) is 0 Å².